The minimum atomic E-state index is -0.927. The van der Waals surface area contributed by atoms with Crippen LogP contribution in [0.2, 0.25) is 0 Å². The van der Waals surface area contributed by atoms with E-state index in [1.54, 1.807) is 7.11 Å². The number of ether oxygens (including phenoxy) is 1. The largest absolute Gasteiger partial charge is 0.481 e. The van der Waals surface area contributed by atoms with E-state index < -0.39 is 11.6 Å². The molecular weight excluding hydrogens is 208 g/mol. The second-order valence-corrected chi connectivity index (χ2v) is 4.72. The predicted octanol–water partition coefficient (Wildman–Crippen LogP) is 2.02. The summed E-state index contributed by atoms with van der Waals surface area (Å²) in [7, 11) is 1.55. The van der Waals surface area contributed by atoms with Crippen molar-refractivity contribution in [2.45, 2.75) is 51.0 Å². The summed E-state index contributed by atoms with van der Waals surface area (Å²) in [6, 6.07) is 0. The Bertz CT molecular complexity index is 274. The lowest BCUT2D eigenvalue weighted by molar-refractivity contribution is -0.149. The fourth-order valence-corrected chi connectivity index (χ4v) is 2.50. The van der Waals surface area contributed by atoms with Crippen LogP contribution in [-0.2, 0) is 14.3 Å². The predicted molar refractivity (Wildman–Crippen MR) is 59.2 cm³/mol. The fourth-order valence-electron chi connectivity index (χ4n) is 2.50. The minimum Gasteiger partial charge on any atom is -0.481 e. The summed E-state index contributed by atoms with van der Waals surface area (Å²) in [5.74, 6) is -0.505. The molecule has 1 aliphatic rings. The van der Waals surface area contributed by atoms with Gasteiger partial charge in [-0.1, -0.05) is 13.3 Å². The van der Waals surface area contributed by atoms with Gasteiger partial charge in [0.05, 0.1) is 6.42 Å². The summed E-state index contributed by atoms with van der Waals surface area (Å²) in [5.41, 5.74) is -0.715. The van der Waals surface area contributed by atoms with E-state index in [9.17, 15) is 9.59 Å². The summed E-state index contributed by atoms with van der Waals surface area (Å²) in [6.07, 6.45) is 3.54. The van der Waals surface area contributed by atoms with Crippen LogP contribution in [0.5, 0.6) is 0 Å². The molecule has 4 heteroatoms. The third-order valence-corrected chi connectivity index (χ3v) is 3.42. The second kappa shape index (κ2) is 5.43. The van der Waals surface area contributed by atoms with Crippen LogP contribution in [-0.4, -0.2) is 29.6 Å². The molecule has 1 rings (SSSR count). The highest BCUT2D eigenvalue weighted by molar-refractivity contribution is 5.89. The molecule has 92 valence electrons. The van der Waals surface area contributed by atoms with Gasteiger partial charge in [-0.3, -0.25) is 9.59 Å². The highest BCUT2D eigenvalue weighted by Crippen LogP contribution is 2.36. The van der Waals surface area contributed by atoms with Crippen molar-refractivity contribution in [2.24, 2.45) is 5.92 Å². The molecule has 0 bridgehead atoms. The lowest BCUT2D eigenvalue weighted by Gasteiger charge is -2.37. The highest BCUT2D eigenvalue weighted by Gasteiger charge is 2.41. The fraction of sp³-hybridized carbons (Fsp3) is 0.833. The molecule has 0 aromatic heterocycles. The van der Waals surface area contributed by atoms with Crippen LogP contribution in [0, 0.1) is 5.92 Å². The Morgan fingerprint density at radius 2 is 2.12 bits per heavy atom. The van der Waals surface area contributed by atoms with Crippen LogP contribution < -0.4 is 0 Å². The van der Waals surface area contributed by atoms with E-state index in [1.165, 1.54) is 0 Å². The van der Waals surface area contributed by atoms with Gasteiger partial charge in [-0.2, -0.15) is 0 Å². The van der Waals surface area contributed by atoms with Gasteiger partial charge in [0.2, 0.25) is 0 Å². The molecule has 2 atom stereocenters. The average molecular weight is 228 g/mol. The van der Waals surface area contributed by atoms with Gasteiger partial charge in [0.1, 0.15) is 5.60 Å². The number of Topliss-reactive ketones (excluding diaryl/α,β-unsaturated/α-hetero) is 1. The van der Waals surface area contributed by atoms with Gasteiger partial charge in [0.15, 0.2) is 5.78 Å². The van der Waals surface area contributed by atoms with Crippen molar-refractivity contribution in [1.82, 2.24) is 0 Å². The van der Waals surface area contributed by atoms with Gasteiger partial charge < -0.3 is 9.84 Å². The van der Waals surface area contributed by atoms with E-state index in [0.717, 1.165) is 25.7 Å². The SMILES string of the molecule is COC1(C(=O)CCC(=O)O)CCCC(C)C1. The normalized spacial score (nSPS) is 30.0. The first kappa shape index (κ1) is 13.2. The molecule has 1 aliphatic carbocycles. The minimum absolute atomic E-state index is 0.0519. The maximum absolute atomic E-state index is 12.0. The number of aliphatic carboxylic acids is 1. The third-order valence-electron chi connectivity index (χ3n) is 3.42. The molecular formula is C12H20O4. The van der Waals surface area contributed by atoms with E-state index in [1.807, 2.05) is 0 Å². The zero-order valence-corrected chi connectivity index (χ0v) is 9.99. The van der Waals surface area contributed by atoms with E-state index >= 15 is 0 Å². The maximum atomic E-state index is 12.0. The van der Waals surface area contributed by atoms with Crippen molar-refractivity contribution in [3.63, 3.8) is 0 Å². The van der Waals surface area contributed by atoms with Crippen molar-refractivity contribution in [3.8, 4) is 0 Å². The van der Waals surface area contributed by atoms with Gasteiger partial charge in [-0.25, -0.2) is 0 Å². The smallest absolute Gasteiger partial charge is 0.303 e. The maximum Gasteiger partial charge on any atom is 0.303 e. The number of carbonyl (C=O) groups is 2. The lowest BCUT2D eigenvalue weighted by Crippen LogP contribution is -2.44. The van der Waals surface area contributed by atoms with Crippen LogP contribution in [0.25, 0.3) is 0 Å². The molecule has 4 nitrogen and oxygen atoms in total. The molecule has 2 unspecified atom stereocenters. The summed E-state index contributed by atoms with van der Waals surface area (Å²) in [4.78, 5) is 22.5. The summed E-state index contributed by atoms with van der Waals surface area (Å²) >= 11 is 0. The topological polar surface area (TPSA) is 63.6 Å². The Hall–Kier alpha value is -0.900. The van der Waals surface area contributed by atoms with E-state index in [0.29, 0.717) is 5.92 Å². The Morgan fingerprint density at radius 3 is 2.62 bits per heavy atom. The first-order chi connectivity index (χ1) is 7.50. The Kier molecular flexibility index (Phi) is 4.47. The van der Waals surface area contributed by atoms with E-state index in [2.05, 4.69) is 6.92 Å². The molecule has 16 heavy (non-hydrogen) atoms. The molecule has 1 N–H and O–H groups in total. The van der Waals surface area contributed by atoms with Crippen molar-refractivity contribution >= 4 is 11.8 Å². The van der Waals surface area contributed by atoms with Crippen molar-refractivity contribution in [2.75, 3.05) is 7.11 Å². The van der Waals surface area contributed by atoms with Crippen LogP contribution in [0.15, 0.2) is 0 Å². The molecule has 0 radical (unpaired) electrons. The standard InChI is InChI=1S/C12H20O4/c1-9-4-3-7-12(8-9,16-2)10(13)5-6-11(14)15/h9H,3-8H2,1-2H3,(H,14,15). The van der Waals surface area contributed by atoms with Gasteiger partial charge in [0, 0.05) is 13.5 Å². The van der Waals surface area contributed by atoms with Gasteiger partial charge in [-0.05, 0) is 25.2 Å². The number of carboxylic acid groups (broad SMARTS) is 1. The molecule has 0 aromatic carbocycles. The average Bonchev–Trinajstić information content (AvgIpc) is 2.25. The van der Waals surface area contributed by atoms with Gasteiger partial charge in [0.25, 0.3) is 0 Å². The Labute approximate surface area is 96.0 Å². The van der Waals surface area contributed by atoms with Crippen molar-refractivity contribution < 1.29 is 19.4 Å². The third kappa shape index (κ3) is 3.04. The summed E-state index contributed by atoms with van der Waals surface area (Å²) in [6.45, 7) is 2.11. The van der Waals surface area contributed by atoms with Crippen molar-refractivity contribution in [1.29, 1.82) is 0 Å². The Morgan fingerprint density at radius 1 is 1.44 bits per heavy atom. The van der Waals surface area contributed by atoms with Crippen molar-refractivity contribution in [3.05, 3.63) is 0 Å². The molecule has 0 saturated heterocycles. The first-order valence-electron chi connectivity index (χ1n) is 5.80. The molecule has 0 amide bonds. The second-order valence-electron chi connectivity index (χ2n) is 4.72. The number of hydrogen-bond donors (Lipinski definition) is 1. The van der Waals surface area contributed by atoms with Gasteiger partial charge in [-0.15, -0.1) is 0 Å². The Balaban J connectivity index is 2.63. The first-order valence-corrected chi connectivity index (χ1v) is 5.80. The van der Waals surface area contributed by atoms with Gasteiger partial charge >= 0.3 is 5.97 Å². The van der Waals surface area contributed by atoms with Crippen LogP contribution in [0.4, 0.5) is 0 Å². The number of carboxylic acids is 1. The van der Waals surface area contributed by atoms with Crippen LogP contribution in [0.3, 0.4) is 0 Å². The quantitative estimate of drug-likeness (QED) is 0.781. The number of rotatable bonds is 5. The monoisotopic (exact) mass is 228 g/mol. The number of methoxy groups -OCH3 is 1. The molecule has 1 fully saturated rings. The number of carbonyl (C=O) groups excluding carboxylic acids is 1. The zero-order valence-electron chi connectivity index (χ0n) is 9.99. The zero-order chi connectivity index (χ0) is 12.2. The summed E-state index contributed by atoms with van der Waals surface area (Å²) < 4.78 is 5.40. The molecule has 1 saturated carbocycles. The highest BCUT2D eigenvalue weighted by atomic mass is 16.5. The van der Waals surface area contributed by atoms with E-state index in [4.69, 9.17) is 9.84 Å². The van der Waals surface area contributed by atoms with E-state index in [-0.39, 0.29) is 18.6 Å². The molecule has 0 aromatic rings. The number of hydrogen-bond acceptors (Lipinski definition) is 3. The molecule has 0 heterocycles. The molecule has 0 spiro atoms. The summed E-state index contributed by atoms with van der Waals surface area (Å²) in [5, 5.41) is 8.58. The lowest BCUT2D eigenvalue weighted by atomic mass is 9.75. The van der Waals surface area contributed by atoms with Crippen LogP contribution >= 0.6 is 0 Å². The van der Waals surface area contributed by atoms with Crippen LogP contribution in [0.1, 0.15) is 45.4 Å². The number of ketones is 1. The molecule has 0 aliphatic heterocycles.